The molecule has 0 spiro atoms. The van der Waals surface area contributed by atoms with Gasteiger partial charge in [-0.3, -0.25) is 4.99 Å². The molecule has 3 heteroatoms. The summed E-state index contributed by atoms with van der Waals surface area (Å²) in [6.45, 7) is 1.86. The lowest BCUT2D eigenvalue weighted by Crippen LogP contribution is -2.32. The Hall–Kier alpha value is -1.09. The lowest BCUT2D eigenvalue weighted by molar-refractivity contribution is 0.960. The third-order valence-corrected chi connectivity index (χ3v) is 3.00. The van der Waals surface area contributed by atoms with Crippen molar-refractivity contribution < 1.29 is 0 Å². The minimum atomic E-state index is 0.897. The van der Waals surface area contributed by atoms with Crippen LogP contribution in [0.25, 0.3) is 0 Å². The van der Waals surface area contributed by atoms with Crippen LogP contribution in [-0.4, -0.2) is 25.8 Å². The van der Waals surface area contributed by atoms with Gasteiger partial charge in [-0.1, -0.05) is 22.0 Å². The average Bonchev–Trinajstić information content (AvgIpc) is 2.30. The minimum absolute atomic E-state index is 0.897. The molecule has 15 heavy (non-hydrogen) atoms. The number of hydrogen-bond donors (Lipinski definition) is 0. The van der Waals surface area contributed by atoms with E-state index < -0.39 is 0 Å². The van der Waals surface area contributed by atoms with E-state index >= 15 is 0 Å². The number of halogens is 1. The van der Waals surface area contributed by atoms with E-state index in [1.54, 1.807) is 0 Å². The topological polar surface area (TPSA) is 15.6 Å². The summed E-state index contributed by atoms with van der Waals surface area (Å²) in [5.41, 5.74) is 2.37. The van der Waals surface area contributed by atoms with E-state index in [1.165, 1.54) is 5.69 Å². The molecular formula is C12H13BrN2. The molecule has 0 amide bonds. The quantitative estimate of drug-likeness (QED) is 0.762. The van der Waals surface area contributed by atoms with Gasteiger partial charge in [0.05, 0.1) is 12.3 Å². The Labute approximate surface area is 98.4 Å². The third kappa shape index (κ3) is 2.48. The van der Waals surface area contributed by atoms with Gasteiger partial charge in [0.25, 0.3) is 0 Å². The maximum absolute atomic E-state index is 4.22. The van der Waals surface area contributed by atoms with Gasteiger partial charge in [0.15, 0.2) is 0 Å². The van der Waals surface area contributed by atoms with Crippen LogP contribution in [0.15, 0.2) is 45.9 Å². The fourth-order valence-corrected chi connectivity index (χ4v) is 1.89. The van der Waals surface area contributed by atoms with Crippen molar-refractivity contribution in [2.24, 2.45) is 4.99 Å². The van der Waals surface area contributed by atoms with E-state index in [0.717, 1.165) is 23.3 Å². The van der Waals surface area contributed by atoms with E-state index in [9.17, 15) is 0 Å². The molecule has 0 saturated heterocycles. The zero-order valence-corrected chi connectivity index (χ0v) is 10.2. The standard InChI is InChI=1S/C12H13BrN2/c1-14-11-3-2-8-15(9-11)12-6-4-10(13)5-7-12/h2-7H,8-9H2,1H3. The third-order valence-electron chi connectivity index (χ3n) is 2.47. The highest BCUT2D eigenvalue weighted by atomic mass is 79.9. The Bertz CT molecular complexity index is 393. The Balaban J connectivity index is 2.19. The summed E-state index contributed by atoms with van der Waals surface area (Å²) >= 11 is 3.44. The van der Waals surface area contributed by atoms with E-state index in [1.807, 2.05) is 7.05 Å². The summed E-state index contributed by atoms with van der Waals surface area (Å²) in [5, 5.41) is 0. The number of nitrogens with zero attached hydrogens (tertiary/aromatic N) is 2. The Morgan fingerprint density at radius 3 is 2.67 bits per heavy atom. The first kappa shape index (κ1) is 10.4. The molecule has 0 unspecified atom stereocenters. The maximum Gasteiger partial charge on any atom is 0.0600 e. The van der Waals surface area contributed by atoms with Crippen molar-refractivity contribution in [1.29, 1.82) is 0 Å². The zero-order valence-electron chi connectivity index (χ0n) is 8.65. The molecule has 1 heterocycles. The predicted molar refractivity (Wildman–Crippen MR) is 68.9 cm³/mol. The van der Waals surface area contributed by atoms with Crippen LogP contribution in [0.3, 0.4) is 0 Å². The average molecular weight is 265 g/mol. The number of rotatable bonds is 1. The second-order valence-corrected chi connectivity index (χ2v) is 4.39. The van der Waals surface area contributed by atoms with Gasteiger partial charge in [0.2, 0.25) is 0 Å². The van der Waals surface area contributed by atoms with Crippen molar-refractivity contribution in [2.45, 2.75) is 0 Å². The van der Waals surface area contributed by atoms with E-state index in [4.69, 9.17) is 0 Å². The molecule has 1 aromatic rings. The lowest BCUT2D eigenvalue weighted by atomic mass is 10.2. The summed E-state index contributed by atoms with van der Waals surface area (Å²) < 4.78 is 1.11. The summed E-state index contributed by atoms with van der Waals surface area (Å²) in [4.78, 5) is 6.52. The summed E-state index contributed by atoms with van der Waals surface area (Å²) in [5.74, 6) is 0. The molecule has 0 saturated carbocycles. The predicted octanol–water partition coefficient (Wildman–Crippen LogP) is 2.90. The van der Waals surface area contributed by atoms with Gasteiger partial charge in [0, 0.05) is 23.8 Å². The highest BCUT2D eigenvalue weighted by molar-refractivity contribution is 9.10. The molecular weight excluding hydrogens is 252 g/mol. The monoisotopic (exact) mass is 264 g/mol. The van der Waals surface area contributed by atoms with Crippen LogP contribution in [0.4, 0.5) is 5.69 Å². The van der Waals surface area contributed by atoms with Crippen molar-refractivity contribution in [2.75, 3.05) is 25.0 Å². The largest absolute Gasteiger partial charge is 0.362 e. The highest BCUT2D eigenvalue weighted by Crippen LogP contribution is 2.19. The Morgan fingerprint density at radius 2 is 2.00 bits per heavy atom. The fraction of sp³-hybridized carbons (Fsp3) is 0.250. The van der Waals surface area contributed by atoms with Crippen LogP contribution in [0.1, 0.15) is 0 Å². The molecule has 2 rings (SSSR count). The lowest BCUT2D eigenvalue weighted by Gasteiger charge is -2.26. The molecule has 1 aliphatic rings. The number of hydrogen-bond acceptors (Lipinski definition) is 2. The molecule has 0 bridgehead atoms. The van der Waals surface area contributed by atoms with Crippen molar-refractivity contribution in [3.63, 3.8) is 0 Å². The van der Waals surface area contributed by atoms with Crippen LogP contribution in [0.5, 0.6) is 0 Å². The van der Waals surface area contributed by atoms with Crippen LogP contribution >= 0.6 is 15.9 Å². The Kier molecular flexibility index (Phi) is 3.21. The van der Waals surface area contributed by atoms with E-state index in [-0.39, 0.29) is 0 Å². The summed E-state index contributed by atoms with van der Waals surface area (Å²) in [6, 6.07) is 8.37. The number of anilines is 1. The summed E-state index contributed by atoms with van der Waals surface area (Å²) in [6.07, 6.45) is 4.24. The maximum atomic E-state index is 4.22. The molecule has 78 valence electrons. The van der Waals surface area contributed by atoms with Crippen molar-refractivity contribution >= 4 is 27.3 Å². The van der Waals surface area contributed by atoms with Gasteiger partial charge in [-0.05, 0) is 30.3 Å². The molecule has 0 fully saturated rings. The molecule has 0 N–H and O–H groups in total. The van der Waals surface area contributed by atoms with Gasteiger partial charge < -0.3 is 4.90 Å². The smallest absolute Gasteiger partial charge is 0.0600 e. The van der Waals surface area contributed by atoms with E-state index in [0.29, 0.717) is 0 Å². The first-order chi connectivity index (χ1) is 7.29. The second kappa shape index (κ2) is 4.62. The molecule has 0 aliphatic carbocycles. The van der Waals surface area contributed by atoms with Gasteiger partial charge in [0.1, 0.15) is 0 Å². The van der Waals surface area contributed by atoms with Gasteiger partial charge >= 0.3 is 0 Å². The van der Waals surface area contributed by atoms with Crippen LogP contribution in [0.2, 0.25) is 0 Å². The SMILES string of the molecule is CN=C1C=CCN(c2ccc(Br)cc2)C1. The summed E-state index contributed by atoms with van der Waals surface area (Å²) in [7, 11) is 1.84. The highest BCUT2D eigenvalue weighted by Gasteiger charge is 2.10. The first-order valence-corrected chi connectivity index (χ1v) is 5.71. The Morgan fingerprint density at radius 1 is 1.27 bits per heavy atom. The molecule has 0 aromatic heterocycles. The van der Waals surface area contributed by atoms with Crippen LogP contribution in [-0.2, 0) is 0 Å². The van der Waals surface area contributed by atoms with Gasteiger partial charge in [-0.2, -0.15) is 0 Å². The van der Waals surface area contributed by atoms with Crippen LogP contribution < -0.4 is 4.90 Å². The number of benzene rings is 1. The molecule has 0 radical (unpaired) electrons. The fourth-order valence-electron chi connectivity index (χ4n) is 1.62. The van der Waals surface area contributed by atoms with Crippen molar-refractivity contribution in [1.82, 2.24) is 0 Å². The van der Waals surface area contributed by atoms with Crippen LogP contribution in [0, 0.1) is 0 Å². The number of aliphatic imine (C=N–C) groups is 1. The first-order valence-electron chi connectivity index (χ1n) is 4.92. The minimum Gasteiger partial charge on any atom is -0.362 e. The molecule has 1 aromatic carbocycles. The van der Waals surface area contributed by atoms with Crippen molar-refractivity contribution in [3.05, 3.63) is 40.9 Å². The zero-order chi connectivity index (χ0) is 10.7. The molecule has 0 atom stereocenters. The van der Waals surface area contributed by atoms with Gasteiger partial charge in [-0.15, -0.1) is 0 Å². The van der Waals surface area contributed by atoms with E-state index in [2.05, 4.69) is 62.2 Å². The normalized spacial score (nSPS) is 18.5. The molecule has 1 aliphatic heterocycles. The van der Waals surface area contributed by atoms with Crippen molar-refractivity contribution in [3.8, 4) is 0 Å². The molecule has 2 nitrogen and oxygen atoms in total. The second-order valence-electron chi connectivity index (χ2n) is 3.47. The van der Waals surface area contributed by atoms with Gasteiger partial charge in [-0.25, -0.2) is 0 Å².